The van der Waals surface area contributed by atoms with Crippen molar-refractivity contribution >= 4 is 34.4 Å². The van der Waals surface area contributed by atoms with Crippen LogP contribution < -0.4 is 16.0 Å². The fraction of sp³-hybridized carbons (Fsp3) is 0.174. The second kappa shape index (κ2) is 9.60. The zero-order valence-electron chi connectivity index (χ0n) is 17.4. The van der Waals surface area contributed by atoms with Gasteiger partial charge in [-0.05, 0) is 42.3 Å². The number of H-pyrrole nitrogens is 1. The predicted molar refractivity (Wildman–Crippen MR) is 121 cm³/mol. The standard InChI is InChI=1S/C23H21F3N6O/c24-23(25,26)14-29-20-18-11-13-27-19(18)31-22(32-20)30-17-8-6-16(7-9-17)21(33)28-12-10-15-4-2-1-3-5-15/h1-9,11,13H,10,12,14H2,(H,28,33)(H3,27,29,30,31,32). The molecule has 1 amide bonds. The summed E-state index contributed by atoms with van der Waals surface area (Å²) in [6, 6.07) is 18.1. The summed E-state index contributed by atoms with van der Waals surface area (Å²) in [5, 5.41) is 8.60. The number of rotatable bonds is 8. The molecule has 2 aromatic heterocycles. The molecule has 0 radical (unpaired) electrons. The lowest BCUT2D eigenvalue weighted by molar-refractivity contribution is -0.115. The number of hydrogen-bond donors (Lipinski definition) is 4. The van der Waals surface area contributed by atoms with Gasteiger partial charge in [-0.15, -0.1) is 0 Å². The van der Waals surface area contributed by atoms with Crippen LogP contribution in [0.3, 0.4) is 0 Å². The first-order valence-electron chi connectivity index (χ1n) is 10.2. The molecule has 4 aromatic rings. The van der Waals surface area contributed by atoms with Gasteiger partial charge in [-0.2, -0.15) is 23.1 Å². The summed E-state index contributed by atoms with van der Waals surface area (Å²) in [4.78, 5) is 23.7. The molecule has 170 valence electrons. The van der Waals surface area contributed by atoms with Crippen LogP contribution in [0.25, 0.3) is 11.0 Å². The van der Waals surface area contributed by atoms with Crippen molar-refractivity contribution < 1.29 is 18.0 Å². The van der Waals surface area contributed by atoms with Gasteiger partial charge in [0.25, 0.3) is 5.91 Å². The number of hydrogen-bond acceptors (Lipinski definition) is 5. The number of benzene rings is 2. The van der Waals surface area contributed by atoms with E-state index in [0.717, 1.165) is 12.0 Å². The SMILES string of the molecule is O=C(NCCc1ccccc1)c1ccc(Nc2nc(NCC(F)(F)F)c3cc[nH]c3n2)cc1. The van der Waals surface area contributed by atoms with Crippen molar-refractivity contribution in [3.05, 3.63) is 78.0 Å². The molecule has 0 saturated heterocycles. The van der Waals surface area contributed by atoms with E-state index < -0.39 is 12.7 Å². The summed E-state index contributed by atoms with van der Waals surface area (Å²) >= 11 is 0. The quantitative estimate of drug-likeness (QED) is 0.311. The van der Waals surface area contributed by atoms with E-state index in [1.807, 2.05) is 30.3 Å². The third kappa shape index (κ3) is 6.00. The molecule has 2 heterocycles. The van der Waals surface area contributed by atoms with Crippen molar-refractivity contribution in [2.45, 2.75) is 12.6 Å². The lowest BCUT2D eigenvalue weighted by Crippen LogP contribution is -2.25. The van der Waals surface area contributed by atoms with Crippen LogP contribution in [0.15, 0.2) is 66.9 Å². The van der Waals surface area contributed by atoms with Crippen LogP contribution in [0.2, 0.25) is 0 Å². The second-order valence-electron chi connectivity index (χ2n) is 7.30. The number of fused-ring (bicyclic) bond motifs is 1. The molecule has 0 spiro atoms. The molecule has 4 N–H and O–H groups in total. The number of aromatic nitrogens is 3. The number of carbonyl (C=O) groups is 1. The molecule has 0 saturated carbocycles. The van der Waals surface area contributed by atoms with Gasteiger partial charge in [0.2, 0.25) is 5.95 Å². The Labute approximate surface area is 187 Å². The largest absolute Gasteiger partial charge is 0.405 e. The van der Waals surface area contributed by atoms with E-state index >= 15 is 0 Å². The van der Waals surface area contributed by atoms with E-state index in [9.17, 15) is 18.0 Å². The van der Waals surface area contributed by atoms with E-state index in [2.05, 4.69) is 30.9 Å². The Hall–Kier alpha value is -4.08. The third-order valence-electron chi connectivity index (χ3n) is 4.82. The maximum Gasteiger partial charge on any atom is 0.405 e. The van der Waals surface area contributed by atoms with Crippen LogP contribution in [0.1, 0.15) is 15.9 Å². The van der Waals surface area contributed by atoms with Crippen LogP contribution in [0.4, 0.5) is 30.6 Å². The number of amides is 1. The Kier molecular flexibility index (Phi) is 6.43. The number of halogens is 3. The van der Waals surface area contributed by atoms with Crippen molar-refractivity contribution in [2.75, 3.05) is 23.7 Å². The topological polar surface area (TPSA) is 94.7 Å². The first-order chi connectivity index (χ1) is 15.9. The molecular formula is C23H21F3N6O. The van der Waals surface area contributed by atoms with Crippen LogP contribution in [0, 0.1) is 0 Å². The zero-order chi connectivity index (χ0) is 23.3. The highest BCUT2D eigenvalue weighted by Gasteiger charge is 2.27. The van der Waals surface area contributed by atoms with Gasteiger partial charge >= 0.3 is 6.18 Å². The minimum Gasteiger partial charge on any atom is -0.360 e. The molecule has 2 aromatic carbocycles. The molecule has 0 aliphatic rings. The maximum absolute atomic E-state index is 12.6. The minimum atomic E-state index is -4.38. The van der Waals surface area contributed by atoms with Crippen molar-refractivity contribution in [2.24, 2.45) is 0 Å². The van der Waals surface area contributed by atoms with E-state index in [1.54, 1.807) is 36.5 Å². The van der Waals surface area contributed by atoms with Gasteiger partial charge in [-0.3, -0.25) is 4.79 Å². The average molecular weight is 454 g/mol. The van der Waals surface area contributed by atoms with Gasteiger partial charge in [0.15, 0.2) is 0 Å². The molecule has 7 nitrogen and oxygen atoms in total. The van der Waals surface area contributed by atoms with E-state index in [-0.39, 0.29) is 17.7 Å². The molecular weight excluding hydrogens is 433 g/mol. The summed E-state index contributed by atoms with van der Waals surface area (Å²) in [7, 11) is 0. The van der Waals surface area contributed by atoms with Gasteiger partial charge in [0, 0.05) is 24.0 Å². The monoisotopic (exact) mass is 454 g/mol. The molecule has 0 fully saturated rings. The van der Waals surface area contributed by atoms with Crippen molar-refractivity contribution in [3.8, 4) is 0 Å². The summed E-state index contributed by atoms with van der Waals surface area (Å²) in [5.74, 6) is -0.00894. The van der Waals surface area contributed by atoms with Gasteiger partial charge in [-0.25, -0.2) is 0 Å². The van der Waals surface area contributed by atoms with Gasteiger partial charge in [-0.1, -0.05) is 30.3 Å². The lowest BCUT2D eigenvalue weighted by atomic mass is 10.1. The van der Waals surface area contributed by atoms with Crippen LogP contribution >= 0.6 is 0 Å². The lowest BCUT2D eigenvalue weighted by Gasteiger charge is -2.12. The Morgan fingerprint density at radius 1 is 0.970 bits per heavy atom. The van der Waals surface area contributed by atoms with Crippen molar-refractivity contribution in [3.63, 3.8) is 0 Å². The molecule has 4 rings (SSSR count). The van der Waals surface area contributed by atoms with E-state index in [0.29, 0.717) is 28.8 Å². The Bertz CT molecular complexity index is 1220. The minimum absolute atomic E-state index is 0.0653. The first-order valence-corrected chi connectivity index (χ1v) is 10.2. The number of carbonyl (C=O) groups excluding carboxylic acids is 1. The first kappa shape index (κ1) is 22.1. The van der Waals surface area contributed by atoms with Crippen LogP contribution in [-0.4, -0.2) is 40.1 Å². The molecule has 0 bridgehead atoms. The Morgan fingerprint density at radius 2 is 1.73 bits per heavy atom. The number of anilines is 3. The third-order valence-corrected chi connectivity index (χ3v) is 4.82. The smallest absolute Gasteiger partial charge is 0.360 e. The maximum atomic E-state index is 12.6. The van der Waals surface area contributed by atoms with Crippen molar-refractivity contribution in [1.29, 1.82) is 0 Å². The number of alkyl halides is 3. The summed E-state index contributed by atoms with van der Waals surface area (Å²) in [6.07, 6.45) is -2.07. The van der Waals surface area contributed by atoms with Gasteiger partial charge in [0.1, 0.15) is 18.0 Å². The molecule has 0 aliphatic heterocycles. The van der Waals surface area contributed by atoms with Gasteiger partial charge < -0.3 is 20.9 Å². The molecule has 0 aliphatic carbocycles. The molecule has 10 heteroatoms. The van der Waals surface area contributed by atoms with E-state index in [1.165, 1.54) is 0 Å². The van der Waals surface area contributed by atoms with Gasteiger partial charge in [0.05, 0.1) is 5.39 Å². The average Bonchev–Trinajstić information content (AvgIpc) is 3.27. The fourth-order valence-electron chi connectivity index (χ4n) is 3.22. The highest BCUT2D eigenvalue weighted by Crippen LogP contribution is 2.24. The number of nitrogens with zero attached hydrogens (tertiary/aromatic N) is 2. The Balaban J connectivity index is 1.39. The highest BCUT2D eigenvalue weighted by atomic mass is 19.4. The number of aromatic amines is 1. The van der Waals surface area contributed by atoms with Crippen LogP contribution in [-0.2, 0) is 6.42 Å². The van der Waals surface area contributed by atoms with E-state index in [4.69, 9.17) is 0 Å². The normalized spacial score (nSPS) is 11.4. The summed E-state index contributed by atoms with van der Waals surface area (Å²) in [6.45, 7) is -0.696. The molecule has 0 atom stereocenters. The zero-order valence-corrected chi connectivity index (χ0v) is 17.4. The second-order valence-corrected chi connectivity index (χ2v) is 7.30. The molecule has 33 heavy (non-hydrogen) atoms. The predicted octanol–water partition coefficient (Wildman–Crippen LogP) is 4.65. The summed E-state index contributed by atoms with van der Waals surface area (Å²) in [5.41, 5.74) is 2.61. The number of nitrogens with one attached hydrogen (secondary N) is 4. The fourth-order valence-corrected chi connectivity index (χ4v) is 3.22. The highest BCUT2D eigenvalue weighted by molar-refractivity contribution is 5.94. The van der Waals surface area contributed by atoms with Crippen LogP contribution in [0.5, 0.6) is 0 Å². The van der Waals surface area contributed by atoms with Crippen molar-refractivity contribution in [1.82, 2.24) is 20.3 Å². The summed E-state index contributed by atoms with van der Waals surface area (Å²) < 4.78 is 37.9. The Morgan fingerprint density at radius 3 is 2.45 bits per heavy atom. The molecule has 0 unspecified atom stereocenters.